The molecule has 1 saturated heterocycles. The first-order valence-corrected chi connectivity index (χ1v) is 6.86. The molecule has 1 aliphatic heterocycles. The number of amides is 1. The largest absolute Gasteiger partial charge is 0.468 e. The molecule has 1 unspecified atom stereocenters. The van der Waals surface area contributed by atoms with Crippen LogP contribution in [0.2, 0.25) is 0 Å². The van der Waals surface area contributed by atoms with Gasteiger partial charge in [0.05, 0.1) is 12.3 Å². The summed E-state index contributed by atoms with van der Waals surface area (Å²) in [5, 5.41) is 3.38. The molecule has 0 bridgehead atoms. The quantitative estimate of drug-likeness (QED) is 0.843. The van der Waals surface area contributed by atoms with Gasteiger partial charge in [0.2, 0.25) is 5.91 Å². The van der Waals surface area contributed by atoms with E-state index in [-0.39, 0.29) is 11.9 Å². The maximum absolute atomic E-state index is 11.9. The van der Waals surface area contributed by atoms with Crippen molar-refractivity contribution in [3.63, 3.8) is 0 Å². The van der Waals surface area contributed by atoms with Gasteiger partial charge < -0.3 is 14.6 Å². The molecule has 4 heteroatoms. The van der Waals surface area contributed by atoms with Gasteiger partial charge in [0.25, 0.3) is 0 Å². The van der Waals surface area contributed by atoms with Crippen molar-refractivity contribution in [1.82, 2.24) is 10.2 Å². The second kappa shape index (κ2) is 6.59. The predicted octanol–water partition coefficient (Wildman–Crippen LogP) is 2.33. The van der Waals surface area contributed by atoms with Crippen molar-refractivity contribution in [2.45, 2.75) is 38.6 Å². The topological polar surface area (TPSA) is 45.5 Å². The standard InChI is InChI=1S/C14H22N2O2/c1-2-12(13-6-5-11-18-13)15-8-7-14(17)16-9-3-4-10-16/h5-6,11-12,15H,2-4,7-10H2,1H3. The number of furan rings is 1. The third kappa shape index (κ3) is 3.35. The van der Waals surface area contributed by atoms with Gasteiger partial charge in [-0.1, -0.05) is 6.92 Å². The van der Waals surface area contributed by atoms with Crippen molar-refractivity contribution in [2.24, 2.45) is 0 Å². The fourth-order valence-electron chi connectivity index (χ4n) is 2.41. The Morgan fingerprint density at radius 1 is 1.50 bits per heavy atom. The van der Waals surface area contributed by atoms with Crippen LogP contribution in [0.25, 0.3) is 0 Å². The Labute approximate surface area is 108 Å². The average Bonchev–Trinajstić information content (AvgIpc) is 3.05. The Balaban J connectivity index is 1.72. The van der Waals surface area contributed by atoms with Crippen molar-refractivity contribution >= 4 is 5.91 Å². The summed E-state index contributed by atoms with van der Waals surface area (Å²) in [6, 6.07) is 4.09. The first-order chi connectivity index (χ1) is 8.81. The van der Waals surface area contributed by atoms with Crippen LogP contribution in [0.3, 0.4) is 0 Å². The number of rotatable bonds is 6. The van der Waals surface area contributed by atoms with Crippen molar-refractivity contribution < 1.29 is 9.21 Å². The molecule has 1 amide bonds. The Morgan fingerprint density at radius 3 is 2.89 bits per heavy atom. The number of carbonyl (C=O) groups excluding carboxylic acids is 1. The smallest absolute Gasteiger partial charge is 0.223 e. The van der Waals surface area contributed by atoms with E-state index in [1.807, 2.05) is 17.0 Å². The summed E-state index contributed by atoms with van der Waals surface area (Å²) in [5.74, 6) is 1.22. The molecule has 1 atom stereocenters. The molecule has 1 N–H and O–H groups in total. The van der Waals surface area contributed by atoms with Gasteiger partial charge in [-0.15, -0.1) is 0 Å². The molecule has 0 spiro atoms. The van der Waals surface area contributed by atoms with Crippen molar-refractivity contribution in [3.05, 3.63) is 24.2 Å². The monoisotopic (exact) mass is 250 g/mol. The SMILES string of the molecule is CCC(NCCC(=O)N1CCCC1)c1ccco1. The molecule has 18 heavy (non-hydrogen) atoms. The van der Waals surface area contributed by atoms with Gasteiger partial charge in [-0.25, -0.2) is 0 Å². The zero-order valence-corrected chi connectivity index (χ0v) is 11.0. The summed E-state index contributed by atoms with van der Waals surface area (Å²) in [6.45, 7) is 4.71. The third-order valence-electron chi connectivity index (χ3n) is 3.48. The molecule has 1 aromatic heterocycles. The molecule has 2 rings (SSSR count). The van der Waals surface area contributed by atoms with Crippen LogP contribution >= 0.6 is 0 Å². The molecule has 0 aromatic carbocycles. The van der Waals surface area contributed by atoms with E-state index in [9.17, 15) is 4.79 Å². The number of nitrogens with one attached hydrogen (secondary N) is 1. The normalized spacial score (nSPS) is 17.1. The van der Waals surface area contributed by atoms with E-state index in [2.05, 4.69) is 12.2 Å². The highest BCUT2D eigenvalue weighted by atomic mass is 16.3. The molecule has 100 valence electrons. The summed E-state index contributed by atoms with van der Waals surface area (Å²) in [4.78, 5) is 13.8. The van der Waals surface area contributed by atoms with E-state index < -0.39 is 0 Å². The van der Waals surface area contributed by atoms with Gasteiger partial charge in [0.1, 0.15) is 5.76 Å². The van der Waals surface area contributed by atoms with E-state index >= 15 is 0 Å². The molecule has 0 saturated carbocycles. The van der Waals surface area contributed by atoms with Gasteiger partial charge >= 0.3 is 0 Å². The lowest BCUT2D eigenvalue weighted by Crippen LogP contribution is -2.31. The van der Waals surface area contributed by atoms with Crippen molar-refractivity contribution in [1.29, 1.82) is 0 Å². The first-order valence-electron chi connectivity index (χ1n) is 6.86. The summed E-state index contributed by atoms with van der Waals surface area (Å²) < 4.78 is 5.39. The third-order valence-corrected chi connectivity index (χ3v) is 3.48. The van der Waals surface area contributed by atoms with E-state index in [4.69, 9.17) is 4.42 Å². The van der Waals surface area contributed by atoms with Crippen LogP contribution in [0, 0.1) is 0 Å². The lowest BCUT2D eigenvalue weighted by Gasteiger charge is -2.17. The first kappa shape index (κ1) is 13.1. The summed E-state index contributed by atoms with van der Waals surface area (Å²) in [5.41, 5.74) is 0. The average molecular weight is 250 g/mol. The van der Waals surface area contributed by atoms with Crippen LogP contribution in [0.15, 0.2) is 22.8 Å². The van der Waals surface area contributed by atoms with Crippen LogP contribution in [-0.4, -0.2) is 30.4 Å². The van der Waals surface area contributed by atoms with Gasteiger partial charge in [-0.2, -0.15) is 0 Å². The fourth-order valence-corrected chi connectivity index (χ4v) is 2.41. The number of nitrogens with zero attached hydrogens (tertiary/aromatic N) is 1. The van der Waals surface area contributed by atoms with E-state index in [1.54, 1.807) is 6.26 Å². The Hall–Kier alpha value is -1.29. The molecule has 1 fully saturated rings. The minimum absolute atomic E-state index is 0.214. The minimum atomic E-state index is 0.214. The van der Waals surface area contributed by atoms with Crippen LogP contribution < -0.4 is 5.32 Å². The minimum Gasteiger partial charge on any atom is -0.468 e. The second-order valence-corrected chi connectivity index (χ2v) is 4.77. The molecular weight excluding hydrogens is 228 g/mol. The molecule has 4 nitrogen and oxygen atoms in total. The highest BCUT2D eigenvalue weighted by Gasteiger charge is 2.18. The molecule has 1 aliphatic rings. The van der Waals surface area contributed by atoms with E-state index in [0.717, 1.165) is 38.1 Å². The van der Waals surface area contributed by atoms with E-state index in [0.29, 0.717) is 13.0 Å². The second-order valence-electron chi connectivity index (χ2n) is 4.77. The maximum Gasteiger partial charge on any atom is 0.223 e. The van der Waals surface area contributed by atoms with Crippen molar-refractivity contribution in [3.8, 4) is 0 Å². The van der Waals surface area contributed by atoms with Gasteiger partial charge in [0, 0.05) is 26.1 Å². The summed E-state index contributed by atoms with van der Waals surface area (Å²) in [6.07, 6.45) is 5.55. The lowest BCUT2D eigenvalue weighted by molar-refractivity contribution is -0.130. The Bertz CT molecular complexity index is 356. The van der Waals surface area contributed by atoms with Gasteiger partial charge in [-0.05, 0) is 31.4 Å². The maximum atomic E-state index is 11.9. The Kier molecular flexibility index (Phi) is 4.81. The van der Waals surface area contributed by atoms with E-state index in [1.165, 1.54) is 0 Å². The predicted molar refractivity (Wildman–Crippen MR) is 70.2 cm³/mol. The number of likely N-dealkylation sites (tertiary alicyclic amines) is 1. The van der Waals surface area contributed by atoms with Gasteiger partial charge in [-0.3, -0.25) is 4.79 Å². The number of carbonyl (C=O) groups is 1. The molecule has 2 heterocycles. The van der Waals surface area contributed by atoms with Crippen LogP contribution in [0.5, 0.6) is 0 Å². The molecular formula is C14H22N2O2. The molecule has 0 radical (unpaired) electrons. The zero-order valence-electron chi connectivity index (χ0n) is 11.0. The fraction of sp³-hybridized carbons (Fsp3) is 0.643. The molecule has 0 aliphatic carbocycles. The highest BCUT2D eigenvalue weighted by molar-refractivity contribution is 5.76. The summed E-state index contributed by atoms with van der Waals surface area (Å²) >= 11 is 0. The van der Waals surface area contributed by atoms with Crippen LogP contribution in [0.1, 0.15) is 44.4 Å². The molecule has 1 aromatic rings. The van der Waals surface area contributed by atoms with Crippen LogP contribution in [0.4, 0.5) is 0 Å². The van der Waals surface area contributed by atoms with Crippen molar-refractivity contribution in [2.75, 3.05) is 19.6 Å². The van der Waals surface area contributed by atoms with Crippen LogP contribution in [-0.2, 0) is 4.79 Å². The Morgan fingerprint density at radius 2 is 2.28 bits per heavy atom. The van der Waals surface area contributed by atoms with Gasteiger partial charge in [0.15, 0.2) is 0 Å². The zero-order chi connectivity index (χ0) is 12.8. The number of hydrogen-bond acceptors (Lipinski definition) is 3. The highest BCUT2D eigenvalue weighted by Crippen LogP contribution is 2.16. The number of hydrogen-bond donors (Lipinski definition) is 1. The lowest BCUT2D eigenvalue weighted by atomic mass is 10.1. The summed E-state index contributed by atoms with van der Waals surface area (Å²) in [7, 11) is 0.